The Morgan fingerprint density at radius 1 is 1.19 bits per heavy atom. The van der Waals surface area contributed by atoms with Gasteiger partial charge in [-0.3, -0.25) is 4.79 Å². The average Bonchev–Trinajstić information content (AvgIpc) is 3.53. The van der Waals surface area contributed by atoms with E-state index in [2.05, 4.69) is 26.3 Å². The Morgan fingerprint density at radius 3 is 2.67 bits per heavy atom. The summed E-state index contributed by atoms with van der Waals surface area (Å²) in [5, 5.41) is 15.4. The fourth-order valence-corrected chi connectivity index (χ4v) is 6.35. The molecule has 0 radical (unpaired) electrons. The lowest BCUT2D eigenvalue weighted by molar-refractivity contribution is -0.157. The topological polar surface area (TPSA) is 97.2 Å². The zero-order valence-electron chi connectivity index (χ0n) is 21.0. The molecule has 0 saturated heterocycles. The van der Waals surface area contributed by atoms with Crippen LogP contribution in [0, 0.1) is 24.1 Å². The zero-order valence-corrected chi connectivity index (χ0v) is 21.8. The van der Waals surface area contributed by atoms with Crippen LogP contribution in [0.1, 0.15) is 68.1 Å². The third kappa shape index (κ3) is 4.86. The zero-order chi connectivity index (χ0) is 25.7. The molecule has 2 heterocycles. The molecule has 2 aromatic heterocycles. The summed E-state index contributed by atoms with van der Waals surface area (Å²) < 4.78 is 19.0. The molecule has 0 spiro atoms. The minimum Gasteiger partial charge on any atom is -0.469 e. The lowest BCUT2D eigenvalue weighted by atomic mass is 9.63. The normalized spacial score (nSPS) is 23.3. The van der Waals surface area contributed by atoms with Gasteiger partial charge in [-0.2, -0.15) is 0 Å². The van der Waals surface area contributed by atoms with E-state index in [1.807, 2.05) is 32.9 Å². The highest BCUT2D eigenvalue weighted by atomic mass is 32.1. The van der Waals surface area contributed by atoms with Crippen molar-refractivity contribution in [3.8, 4) is 10.4 Å². The van der Waals surface area contributed by atoms with E-state index in [-0.39, 0.29) is 23.6 Å². The standard InChI is InChI=1S/C27H31FN4O3S/c1-15-9-17(11-18(10-15)31-25-30-12-20(28)22(32-25)16-5-6-16)21-13-29-24(36-21)27(34)8-7-19(23(33)35-4)26(2,3)14-27/h9-13,16,19,34H,5-8,14H2,1-4H3,(H,30,31,32). The summed E-state index contributed by atoms with van der Waals surface area (Å²) >= 11 is 1.46. The van der Waals surface area contributed by atoms with Crippen molar-refractivity contribution in [2.75, 3.05) is 12.4 Å². The number of rotatable bonds is 6. The number of methoxy groups -OCH3 is 1. The first-order valence-corrected chi connectivity index (χ1v) is 13.1. The molecule has 0 bridgehead atoms. The van der Waals surface area contributed by atoms with Gasteiger partial charge < -0.3 is 15.2 Å². The SMILES string of the molecule is COC(=O)C1CCC(O)(c2ncc(-c3cc(C)cc(Nc4ncc(F)c(C5CC5)n4)c3)s2)CC1(C)C. The molecular formula is C27H31FN4O3S. The van der Waals surface area contributed by atoms with Crippen molar-refractivity contribution in [1.82, 2.24) is 15.0 Å². The van der Waals surface area contributed by atoms with E-state index in [9.17, 15) is 14.3 Å². The second kappa shape index (κ2) is 9.19. The lowest BCUT2D eigenvalue weighted by Gasteiger charge is -2.44. The van der Waals surface area contributed by atoms with Gasteiger partial charge in [-0.05, 0) is 67.7 Å². The van der Waals surface area contributed by atoms with Crippen molar-refractivity contribution in [3.05, 3.63) is 52.7 Å². The molecule has 2 aliphatic rings. The van der Waals surface area contributed by atoms with E-state index >= 15 is 0 Å². The smallest absolute Gasteiger partial charge is 0.309 e. The molecule has 36 heavy (non-hydrogen) atoms. The number of nitrogens with one attached hydrogen (secondary N) is 1. The summed E-state index contributed by atoms with van der Waals surface area (Å²) in [6.45, 7) is 6.00. The number of carbonyl (C=O) groups is 1. The maximum absolute atomic E-state index is 14.1. The fraction of sp³-hybridized carbons (Fsp3) is 0.481. The first kappa shape index (κ1) is 24.8. The van der Waals surface area contributed by atoms with E-state index in [0.717, 1.165) is 34.5 Å². The Kier molecular flexibility index (Phi) is 6.32. The van der Waals surface area contributed by atoms with Gasteiger partial charge in [0.15, 0.2) is 5.82 Å². The summed E-state index contributed by atoms with van der Waals surface area (Å²) in [6.07, 6.45) is 6.37. The second-order valence-corrected chi connectivity index (χ2v) is 11.8. The molecular weight excluding hydrogens is 479 g/mol. The number of hydrogen-bond acceptors (Lipinski definition) is 8. The number of aromatic nitrogens is 3. The van der Waals surface area contributed by atoms with E-state index in [1.54, 1.807) is 6.20 Å². The highest BCUT2D eigenvalue weighted by molar-refractivity contribution is 7.15. The molecule has 9 heteroatoms. The van der Waals surface area contributed by atoms with Gasteiger partial charge in [0.05, 0.1) is 29.8 Å². The fourth-order valence-electron chi connectivity index (χ4n) is 5.33. The molecule has 2 unspecified atom stereocenters. The predicted molar refractivity (Wildman–Crippen MR) is 137 cm³/mol. The van der Waals surface area contributed by atoms with Crippen molar-refractivity contribution >= 4 is 28.9 Å². The Morgan fingerprint density at radius 2 is 1.97 bits per heavy atom. The Balaban J connectivity index is 1.38. The van der Waals surface area contributed by atoms with Crippen LogP contribution in [0.25, 0.3) is 10.4 Å². The number of aliphatic hydroxyl groups is 1. The second-order valence-electron chi connectivity index (χ2n) is 10.8. The molecule has 0 aliphatic heterocycles. The molecule has 190 valence electrons. The Labute approximate surface area is 214 Å². The monoisotopic (exact) mass is 510 g/mol. The lowest BCUT2D eigenvalue weighted by Crippen LogP contribution is -2.45. The van der Waals surface area contributed by atoms with Crippen LogP contribution in [0.5, 0.6) is 0 Å². The van der Waals surface area contributed by atoms with Crippen LogP contribution in [-0.4, -0.2) is 33.1 Å². The molecule has 2 fully saturated rings. The Bertz CT molecular complexity index is 1310. The van der Waals surface area contributed by atoms with Crippen LogP contribution in [0.2, 0.25) is 0 Å². The highest BCUT2D eigenvalue weighted by Crippen LogP contribution is 2.51. The van der Waals surface area contributed by atoms with Crippen LogP contribution >= 0.6 is 11.3 Å². The molecule has 3 aromatic rings. The van der Waals surface area contributed by atoms with Crippen molar-refractivity contribution in [2.24, 2.45) is 11.3 Å². The maximum Gasteiger partial charge on any atom is 0.309 e. The van der Waals surface area contributed by atoms with Crippen molar-refractivity contribution in [1.29, 1.82) is 0 Å². The first-order valence-electron chi connectivity index (χ1n) is 12.3. The number of halogens is 1. The number of thiazole rings is 1. The van der Waals surface area contributed by atoms with Crippen LogP contribution in [0.15, 0.2) is 30.6 Å². The van der Waals surface area contributed by atoms with Gasteiger partial charge >= 0.3 is 5.97 Å². The molecule has 2 saturated carbocycles. The summed E-state index contributed by atoms with van der Waals surface area (Å²) in [5.74, 6) is -0.265. The first-order chi connectivity index (χ1) is 17.1. The van der Waals surface area contributed by atoms with Crippen LogP contribution in [0.4, 0.5) is 16.0 Å². The highest BCUT2D eigenvalue weighted by Gasteiger charge is 2.49. The minimum atomic E-state index is -1.09. The maximum atomic E-state index is 14.1. The van der Waals surface area contributed by atoms with E-state index in [1.165, 1.54) is 24.6 Å². The van der Waals surface area contributed by atoms with Gasteiger partial charge in [-0.15, -0.1) is 11.3 Å². The van der Waals surface area contributed by atoms with Crippen LogP contribution < -0.4 is 5.32 Å². The molecule has 0 amide bonds. The Hall–Kier alpha value is -2.91. The summed E-state index contributed by atoms with van der Waals surface area (Å²) in [5.41, 5.74) is 1.76. The quantitative estimate of drug-likeness (QED) is 0.401. The number of hydrogen-bond donors (Lipinski definition) is 2. The minimum absolute atomic E-state index is 0.190. The van der Waals surface area contributed by atoms with Gasteiger partial charge in [0, 0.05) is 17.8 Å². The van der Waals surface area contributed by atoms with Gasteiger partial charge in [0.1, 0.15) is 10.6 Å². The number of ether oxygens (including phenoxy) is 1. The number of carbonyl (C=O) groups excluding carboxylic acids is 1. The predicted octanol–water partition coefficient (Wildman–Crippen LogP) is 5.86. The van der Waals surface area contributed by atoms with Crippen molar-refractivity contribution in [2.45, 2.75) is 64.4 Å². The molecule has 7 nitrogen and oxygen atoms in total. The molecule has 1 aromatic carbocycles. The van der Waals surface area contributed by atoms with Crippen LogP contribution in [-0.2, 0) is 15.1 Å². The summed E-state index contributed by atoms with van der Waals surface area (Å²) in [4.78, 5) is 26.3. The number of benzene rings is 1. The summed E-state index contributed by atoms with van der Waals surface area (Å²) in [7, 11) is 1.41. The van der Waals surface area contributed by atoms with E-state index in [0.29, 0.717) is 35.9 Å². The summed E-state index contributed by atoms with van der Waals surface area (Å²) in [6, 6.07) is 6.03. The van der Waals surface area contributed by atoms with Crippen molar-refractivity contribution in [3.63, 3.8) is 0 Å². The number of aryl methyl sites for hydroxylation is 1. The largest absolute Gasteiger partial charge is 0.469 e. The third-order valence-corrected chi connectivity index (χ3v) is 8.52. The van der Waals surface area contributed by atoms with E-state index < -0.39 is 11.0 Å². The average molecular weight is 511 g/mol. The third-order valence-electron chi connectivity index (χ3n) is 7.28. The van der Waals surface area contributed by atoms with Gasteiger partial charge in [0.2, 0.25) is 5.95 Å². The van der Waals surface area contributed by atoms with Crippen molar-refractivity contribution < 1.29 is 19.0 Å². The number of esters is 1. The number of anilines is 2. The van der Waals surface area contributed by atoms with E-state index in [4.69, 9.17) is 4.74 Å². The molecule has 5 rings (SSSR count). The van der Waals surface area contributed by atoms with Gasteiger partial charge in [-0.1, -0.05) is 19.9 Å². The molecule has 2 N–H and O–H groups in total. The van der Waals surface area contributed by atoms with Gasteiger partial charge in [-0.25, -0.2) is 19.3 Å². The van der Waals surface area contributed by atoms with Gasteiger partial charge in [0.25, 0.3) is 0 Å². The molecule has 2 aliphatic carbocycles. The number of nitrogens with zero attached hydrogens (tertiary/aromatic N) is 3. The van der Waals surface area contributed by atoms with Crippen LogP contribution in [0.3, 0.4) is 0 Å². The molecule has 2 atom stereocenters.